The minimum Gasteiger partial charge on any atom is -0.502 e. The first-order valence-corrected chi connectivity index (χ1v) is 20.6. The summed E-state index contributed by atoms with van der Waals surface area (Å²) in [4.78, 5) is 0. The molecular formula is C41H84O8. The molecule has 0 radical (unpaired) electrons. The fourth-order valence-electron chi connectivity index (χ4n) is 6.08. The van der Waals surface area contributed by atoms with Crippen LogP contribution in [0.4, 0.5) is 0 Å². The standard InChI is InChI=1S/C23H46O4.C18H38O4/c1-6-11-13-14-15-16-18-22(19-17-21-24-20-12-7-2)23(25-8-3,26-9-4)27-10-5;1-6-11-12-13-14-15-16-17(19-7-2)18(20-8-3,21-9-4)22-10-5/h12,20,22H,6-11,13-19,21H2,1-5H3;17H,6-16H2,1-5H3. The van der Waals surface area contributed by atoms with Crippen LogP contribution in [0.1, 0.15) is 178 Å². The third kappa shape index (κ3) is 25.0. The van der Waals surface area contributed by atoms with Gasteiger partial charge in [0.2, 0.25) is 0 Å². The lowest BCUT2D eigenvalue weighted by atomic mass is 9.93. The fourth-order valence-corrected chi connectivity index (χ4v) is 6.08. The van der Waals surface area contributed by atoms with Crippen molar-refractivity contribution in [2.45, 2.75) is 196 Å². The first kappa shape index (κ1) is 50.4. The van der Waals surface area contributed by atoms with E-state index in [1.54, 1.807) is 0 Å². The SMILES string of the molecule is CCC=COCCCC(CCCCCCCC)C(OCC)(OCC)OCC.CCCCCCCCC(OCC)C(OCC)(OCC)OCC. The van der Waals surface area contributed by atoms with Gasteiger partial charge in [-0.05, 0) is 80.6 Å². The van der Waals surface area contributed by atoms with Gasteiger partial charge >= 0.3 is 5.97 Å². The fraction of sp³-hybridized carbons (Fsp3) is 0.951. The number of hydrogen-bond acceptors (Lipinski definition) is 8. The molecule has 0 aromatic heterocycles. The van der Waals surface area contributed by atoms with E-state index in [0.717, 1.165) is 45.1 Å². The van der Waals surface area contributed by atoms with Crippen LogP contribution in [0.3, 0.4) is 0 Å². The van der Waals surface area contributed by atoms with Gasteiger partial charge in [0.25, 0.3) is 5.97 Å². The van der Waals surface area contributed by atoms with Crippen molar-refractivity contribution < 1.29 is 37.9 Å². The van der Waals surface area contributed by atoms with E-state index in [1.165, 1.54) is 70.6 Å². The topological polar surface area (TPSA) is 73.8 Å². The van der Waals surface area contributed by atoms with Gasteiger partial charge in [0.1, 0.15) is 6.10 Å². The smallest absolute Gasteiger partial charge is 0.310 e. The highest BCUT2D eigenvalue weighted by Crippen LogP contribution is 2.34. The molecule has 0 aromatic rings. The summed E-state index contributed by atoms with van der Waals surface area (Å²) in [5.41, 5.74) is 0. The summed E-state index contributed by atoms with van der Waals surface area (Å²) in [5, 5.41) is 0. The summed E-state index contributed by atoms with van der Waals surface area (Å²) < 4.78 is 47.2. The van der Waals surface area contributed by atoms with E-state index >= 15 is 0 Å². The lowest BCUT2D eigenvalue weighted by Gasteiger charge is -2.39. The van der Waals surface area contributed by atoms with Crippen LogP contribution in [0.15, 0.2) is 12.3 Å². The molecular weight excluding hydrogens is 620 g/mol. The van der Waals surface area contributed by atoms with Gasteiger partial charge in [0.15, 0.2) is 0 Å². The Morgan fingerprint density at radius 3 is 1.27 bits per heavy atom. The Morgan fingerprint density at radius 2 is 0.837 bits per heavy atom. The average molecular weight is 705 g/mol. The van der Waals surface area contributed by atoms with Gasteiger partial charge in [-0.15, -0.1) is 0 Å². The van der Waals surface area contributed by atoms with E-state index in [2.05, 4.69) is 20.8 Å². The number of unbranched alkanes of at least 4 members (excludes halogenated alkanes) is 10. The maximum Gasteiger partial charge on any atom is 0.310 e. The maximum atomic E-state index is 6.06. The molecule has 0 aliphatic carbocycles. The molecule has 296 valence electrons. The van der Waals surface area contributed by atoms with Crippen molar-refractivity contribution in [3.05, 3.63) is 12.3 Å². The molecule has 2 atom stereocenters. The minimum absolute atomic E-state index is 0.177. The van der Waals surface area contributed by atoms with E-state index in [-0.39, 0.29) is 12.0 Å². The number of rotatable bonds is 36. The highest BCUT2D eigenvalue weighted by atomic mass is 16.9. The number of hydrogen-bond donors (Lipinski definition) is 0. The third-order valence-electron chi connectivity index (χ3n) is 8.30. The molecule has 0 saturated heterocycles. The van der Waals surface area contributed by atoms with Gasteiger partial charge in [-0.1, -0.05) is 104 Å². The molecule has 0 fully saturated rings. The van der Waals surface area contributed by atoms with Crippen LogP contribution in [0, 0.1) is 5.92 Å². The molecule has 0 amide bonds. The zero-order valence-corrected chi connectivity index (χ0v) is 34.3. The summed E-state index contributed by atoms with van der Waals surface area (Å²) in [5.74, 6) is -1.75. The first-order valence-electron chi connectivity index (χ1n) is 20.6. The average Bonchev–Trinajstić information content (AvgIpc) is 3.08. The lowest BCUT2D eigenvalue weighted by Crippen LogP contribution is -2.51. The molecule has 8 nitrogen and oxygen atoms in total. The Kier molecular flexibility index (Phi) is 38.1. The van der Waals surface area contributed by atoms with E-state index in [4.69, 9.17) is 37.9 Å². The monoisotopic (exact) mass is 705 g/mol. The van der Waals surface area contributed by atoms with Gasteiger partial charge in [-0.3, -0.25) is 0 Å². The number of ether oxygens (including phenoxy) is 8. The Labute approximate surface area is 305 Å². The van der Waals surface area contributed by atoms with Crippen molar-refractivity contribution in [1.29, 1.82) is 0 Å². The summed E-state index contributed by atoms with van der Waals surface area (Å²) in [6.07, 6.45) is 23.9. The molecule has 0 bridgehead atoms. The molecule has 0 saturated carbocycles. The summed E-state index contributed by atoms with van der Waals surface area (Å²) in [7, 11) is 0. The molecule has 0 aliphatic heterocycles. The normalized spacial score (nSPS) is 13.4. The Morgan fingerprint density at radius 1 is 0.429 bits per heavy atom. The molecule has 0 rings (SSSR count). The van der Waals surface area contributed by atoms with Crippen LogP contribution >= 0.6 is 0 Å². The second kappa shape index (κ2) is 37.0. The minimum atomic E-state index is -1.06. The predicted octanol–water partition coefficient (Wildman–Crippen LogP) is 11.7. The molecule has 49 heavy (non-hydrogen) atoms. The van der Waals surface area contributed by atoms with Crippen LogP contribution < -0.4 is 0 Å². The Balaban J connectivity index is 0. The van der Waals surface area contributed by atoms with Crippen molar-refractivity contribution in [2.75, 3.05) is 52.9 Å². The summed E-state index contributed by atoms with van der Waals surface area (Å²) in [6, 6.07) is 0. The van der Waals surface area contributed by atoms with E-state index in [0.29, 0.717) is 46.2 Å². The lowest BCUT2D eigenvalue weighted by molar-refractivity contribution is -0.415. The molecule has 0 heterocycles. The zero-order valence-electron chi connectivity index (χ0n) is 34.3. The van der Waals surface area contributed by atoms with Crippen molar-refractivity contribution in [2.24, 2.45) is 5.92 Å². The summed E-state index contributed by atoms with van der Waals surface area (Å²) >= 11 is 0. The third-order valence-corrected chi connectivity index (χ3v) is 8.30. The zero-order chi connectivity index (χ0) is 36.9. The van der Waals surface area contributed by atoms with E-state index in [9.17, 15) is 0 Å². The van der Waals surface area contributed by atoms with Gasteiger partial charge in [-0.2, -0.15) is 0 Å². The van der Waals surface area contributed by atoms with Gasteiger partial charge in [0, 0.05) is 52.2 Å². The summed E-state index contributed by atoms with van der Waals surface area (Å²) in [6.45, 7) is 25.3. The number of allylic oxidation sites excluding steroid dienone is 1. The van der Waals surface area contributed by atoms with Gasteiger partial charge < -0.3 is 37.9 Å². The molecule has 0 spiro atoms. The van der Waals surface area contributed by atoms with Crippen molar-refractivity contribution in [3.8, 4) is 0 Å². The van der Waals surface area contributed by atoms with E-state index in [1.807, 2.05) is 60.8 Å². The second-order valence-corrected chi connectivity index (χ2v) is 12.4. The molecule has 0 N–H and O–H groups in total. The molecule has 2 unspecified atom stereocenters. The quantitative estimate of drug-likeness (QED) is 0.0362. The van der Waals surface area contributed by atoms with Crippen molar-refractivity contribution in [3.63, 3.8) is 0 Å². The Hall–Kier alpha value is -0.740. The van der Waals surface area contributed by atoms with Crippen LogP contribution in [0.5, 0.6) is 0 Å². The van der Waals surface area contributed by atoms with E-state index < -0.39 is 11.9 Å². The van der Waals surface area contributed by atoms with Crippen LogP contribution in [0.25, 0.3) is 0 Å². The van der Waals surface area contributed by atoms with Gasteiger partial charge in [-0.25, -0.2) is 0 Å². The first-order chi connectivity index (χ1) is 23.9. The van der Waals surface area contributed by atoms with Crippen LogP contribution in [-0.4, -0.2) is 70.9 Å². The molecule has 0 aliphatic rings. The van der Waals surface area contributed by atoms with Crippen LogP contribution in [-0.2, 0) is 37.9 Å². The molecule has 8 heteroatoms. The second-order valence-electron chi connectivity index (χ2n) is 12.4. The largest absolute Gasteiger partial charge is 0.502 e. The highest BCUT2D eigenvalue weighted by Gasteiger charge is 2.43. The molecule has 0 aromatic carbocycles. The highest BCUT2D eigenvalue weighted by molar-refractivity contribution is 4.75. The van der Waals surface area contributed by atoms with Crippen molar-refractivity contribution in [1.82, 2.24) is 0 Å². The van der Waals surface area contributed by atoms with Crippen LogP contribution in [0.2, 0.25) is 0 Å². The maximum absolute atomic E-state index is 6.06. The van der Waals surface area contributed by atoms with Gasteiger partial charge in [0.05, 0.1) is 12.9 Å². The predicted molar refractivity (Wildman–Crippen MR) is 205 cm³/mol. The van der Waals surface area contributed by atoms with Crippen molar-refractivity contribution >= 4 is 0 Å². The Bertz CT molecular complexity index is 640.